The number of hydrogen-bond acceptors (Lipinski definition) is 1. The summed E-state index contributed by atoms with van der Waals surface area (Å²) in [4.78, 5) is 2.42. The Morgan fingerprint density at radius 2 is 0.758 bits per heavy atom. The molecule has 0 atom stereocenters. The lowest BCUT2D eigenvalue weighted by Gasteiger charge is -2.26. The van der Waals surface area contributed by atoms with Gasteiger partial charge in [0.2, 0.25) is 0 Å². The highest BCUT2D eigenvalue weighted by molar-refractivity contribution is 6.27. The summed E-state index contributed by atoms with van der Waals surface area (Å²) in [6, 6.07) is 93.4. The smallest absolute Gasteiger partial charge is 0.0625 e. The Bertz CT molecular complexity index is 3930. The molecule has 0 radical (unpaired) electrons. The highest BCUT2D eigenvalue weighted by Crippen LogP contribution is 2.46. The minimum atomic E-state index is 1.08. The van der Waals surface area contributed by atoms with Crippen LogP contribution in [0.5, 0.6) is 0 Å². The second-order valence-electron chi connectivity index (χ2n) is 17.3. The molecule has 0 fully saturated rings. The molecular formula is C64H42N2. The van der Waals surface area contributed by atoms with Gasteiger partial charge in [0.25, 0.3) is 0 Å². The van der Waals surface area contributed by atoms with Crippen LogP contribution in [-0.2, 0) is 0 Å². The van der Waals surface area contributed by atoms with Gasteiger partial charge in [0, 0.05) is 38.9 Å². The van der Waals surface area contributed by atoms with Gasteiger partial charge in [0.05, 0.1) is 11.0 Å². The molecule has 0 aliphatic rings. The SMILES string of the molecule is c1ccc(-c2ccc(N(c3cccc(-c4ccccc4)c3)c3ccc4c5c(-c6ccccc6)cc6ccccc6c5n(-c5ccc6c7ccccc7c7ccccc7c6c5)c4c3)cc2)cc1. The standard InChI is InChI=1S/C64H42N2/c1-4-17-43(18-5-1)45-31-33-49(34-32-45)65(50-25-16-24-47(39-50)44-19-6-2-7-20-44)52-36-38-59-62(42-52)66(64-53-26-11-10-23-48(53)40-60(63(59)64)46-21-8-3-9-22-46)51-35-37-58-56-29-13-12-27-54(56)55-28-14-15-30-57(55)61(58)41-51/h1-42H. The zero-order chi connectivity index (χ0) is 43.6. The molecule has 0 unspecified atom stereocenters. The predicted molar refractivity (Wildman–Crippen MR) is 282 cm³/mol. The normalized spacial score (nSPS) is 11.6. The number of anilines is 3. The van der Waals surface area contributed by atoms with Crippen molar-refractivity contribution in [3.63, 3.8) is 0 Å². The molecule has 2 nitrogen and oxygen atoms in total. The Balaban J connectivity index is 1.12. The molecule has 308 valence electrons. The van der Waals surface area contributed by atoms with Gasteiger partial charge in [-0.05, 0) is 126 Å². The molecule has 1 aromatic heterocycles. The van der Waals surface area contributed by atoms with Gasteiger partial charge in [-0.25, -0.2) is 0 Å². The lowest BCUT2D eigenvalue weighted by molar-refractivity contribution is 1.19. The number of nitrogens with zero attached hydrogens (tertiary/aromatic N) is 2. The van der Waals surface area contributed by atoms with Crippen molar-refractivity contribution in [1.29, 1.82) is 0 Å². The molecule has 13 rings (SSSR count). The lowest BCUT2D eigenvalue weighted by atomic mass is 9.94. The van der Waals surface area contributed by atoms with E-state index in [1.165, 1.54) is 92.8 Å². The number of benzene rings is 12. The summed E-state index contributed by atoms with van der Waals surface area (Å²) in [7, 11) is 0. The molecule has 2 heteroatoms. The van der Waals surface area contributed by atoms with E-state index in [9.17, 15) is 0 Å². The zero-order valence-corrected chi connectivity index (χ0v) is 36.1. The minimum absolute atomic E-state index is 1.08. The van der Waals surface area contributed by atoms with Gasteiger partial charge in [-0.1, -0.05) is 200 Å². The van der Waals surface area contributed by atoms with Crippen LogP contribution in [0.15, 0.2) is 255 Å². The summed E-state index contributed by atoms with van der Waals surface area (Å²) >= 11 is 0. The van der Waals surface area contributed by atoms with Crippen molar-refractivity contribution < 1.29 is 0 Å². The van der Waals surface area contributed by atoms with E-state index >= 15 is 0 Å². The third-order valence-electron chi connectivity index (χ3n) is 13.5. The van der Waals surface area contributed by atoms with Crippen LogP contribution in [0.2, 0.25) is 0 Å². The van der Waals surface area contributed by atoms with Crippen LogP contribution in [-0.4, -0.2) is 4.57 Å². The van der Waals surface area contributed by atoms with Crippen molar-refractivity contribution in [2.24, 2.45) is 0 Å². The van der Waals surface area contributed by atoms with Crippen molar-refractivity contribution in [2.75, 3.05) is 4.90 Å². The van der Waals surface area contributed by atoms with Crippen LogP contribution >= 0.6 is 0 Å². The maximum absolute atomic E-state index is 2.55. The van der Waals surface area contributed by atoms with E-state index < -0.39 is 0 Å². The van der Waals surface area contributed by atoms with Gasteiger partial charge in [-0.2, -0.15) is 0 Å². The third-order valence-corrected chi connectivity index (χ3v) is 13.5. The third kappa shape index (κ3) is 6.18. The minimum Gasteiger partial charge on any atom is -0.310 e. The maximum Gasteiger partial charge on any atom is 0.0625 e. The van der Waals surface area contributed by atoms with Crippen molar-refractivity contribution in [1.82, 2.24) is 4.57 Å². The molecule has 0 bridgehead atoms. The molecule has 0 saturated heterocycles. The van der Waals surface area contributed by atoms with Crippen molar-refractivity contribution >= 4 is 82.0 Å². The molecule has 0 amide bonds. The van der Waals surface area contributed by atoms with E-state index in [1.54, 1.807) is 0 Å². The number of fused-ring (bicyclic) bond motifs is 11. The van der Waals surface area contributed by atoms with Crippen LogP contribution in [0.25, 0.3) is 104 Å². The highest BCUT2D eigenvalue weighted by atomic mass is 15.1. The second-order valence-corrected chi connectivity index (χ2v) is 17.3. The summed E-state index contributed by atoms with van der Waals surface area (Å²) in [6.07, 6.45) is 0. The molecule has 0 saturated carbocycles. The first-order valence-electron chi connectivity index (χ1n) is 22.8. The van der Waals surface area contributed by atoms with E-state index in [-0.39, 0.29) is 0 Å². The summed E-state index contributed by atoms with van der Waals surface area (Å²) in [5.41, 5.74) is 13.9. The van der Waals surface area contributed by atoms with E-state index in [4.69, 9.17) is 0 Å². The molecular weight excluding hydrogens is 797 g/mol. The van der Waals surface area contributed by atoms with Gasteiger partial charge < -0.3 is 9.47 Å². The predicted octanol–water partition coefficient (Wildman–Crippen LogP) is 17.9. The monoisotopic (exact) mass is 838 g/mol. The Morgan fingerprint density at radius 3 is 1.42 bits per heavy atom. The Morgan fingerprint density at radius 1 is 0.273 bits per heavy atom. The number of aromatic nitrogens is 1. The summed E-state index contributed by atoms with van der Waals surface area (Å²) in [5, 5.41) is 12.5. The van der Waals surface area contributed by atoms with Crippen LogP contribution in [0.3, 0.4) is 0 Å². The van der Waals surface area contributed by atoms with Gasteiger partial charge >= 0.3 is 0 Å². The Kier molecular flexibility index (Phi) is 8.89. The van der Waals surface area contributed by atoms with Crippen LogP contribution < -0.4 is 4.90 Å². The Hall–Kier alpha value is -8.72. The first kappa shape index (κ1) is 37.8. The molecule has 0 aliphatic heterocycles. The quantitative estimate of drug-likeness (QED) is 0.145. The molecule has 12 aromatic carbocycles. The molecule has 1 heterocycles. The van der Waals surface area contributed by atoms with E-state index in [1.807, 2.05) is 0 Å². The van der Waals surface area contributed by atoms with E-state index in [0.29, 0.717) is 0 Å². The van der Waals surface area contributed by atoms with Crippen molar-refractivity contribution in [3.05, 3.63) is 255 Å². The first-order chi connectivity index (χ1) is 32.7. The molecule has 66 heavy (non-hydrogen) atoms. The number of hydrogen-bond donors (Lipinski definition) is 0. The fourth-order valence-corrected chi connectivity index (χ4v) is 10.5. The van der Waals surface area contributed by atoms with Gasteiger partial charge in [0.1, 0.15) is 0 Å². The molecule has 0 N–H and O–H groups in total. The van der Waals surface area contributed by atoms with E-state index in [0.717, 1.165) is 28.3 Å². The lowest BCUT2D eigenvalue weighted by Crippen LogP contribution is -2.10. The fraction of sp³-hybridized carbons (Fsp3) is 0. The maximum atomic E-state index is 2.55. The Labute approximate surface area is 383 Å². The highest BCUT2D eigenvalue weighted by Gasteiger charge is 2.23. The molecule has 0 spiro atoms. The second kappa shape index (κ2) is 15.5. The van der Waals surface area contributed by atoms with Gasteiger partial charge in [-0.3, -0.25) is 0 Å². The van der Waals surface area contributed by atoms with Crippen LogP contribution in [0, 0.1) is 0 Å². The summed E-state index contributed by atoms with van der Waals surface area (Å²) < 4.78 is 2.55. The largest absolute Gasteiger partial charge is 0.310 e. The van der Waals surface area contributed by atoms with Crippen molar-refractivity contribution in [2.45, 2.75) is 0 Å². The topological polar surface area (TPSA) is 8.17 Å². The number of rotatable bonds is 7. The first-order valence-corrected chi connectivity index (χ1v) is 22.8. The zero-order valence-electron chi connectivity index (χ0n) is 36.1. The summed E-state index contributed by atoms with van der Waals surface area (Å²) in [5.74, 6) is 0. The van der Waals surface area contributed by atoms with Crippen LogP contribution in [0.1, 0.15) is 0 Å². The fourth-order valence-electron chi connectivity index (χ4n) is 10.5. The average molecular weight is 839 g/mol. The van der Waals surface area contributed by atoms with E-state index in [2.05, 4.69) is 264 Å². The van der Waals surface area contributed by atoms with Crippen LogP contribution in [0.4, 0.5) is 17.1 Å². The summed E-state index contributed by atoms with van der Waals surface area (Å²) in [6.45, 7) is 0. The molecule has 0 aliphatic carbocycles. The van der Waals surface area contributed by atoms with Crippen molar-refractivity contribution in [3.8, 4) is 39.1 Å². The van der Waals surface area contributed by atoms with Gasteiger partial charge in [-0.15, -0.1) is 0 Å². The molecule has 13 aromatic rings. The average Bonchev–Trinajstić information content (AvgIpc) is 3.74. The van der Waals surface area contributed by atoms with Gasteiger partial charge in [0.15, 0.2) is 0 Å².